The van der Waals surface area contributed by atoms with Crippen LogP contribution < -0.4 is 5.73 Å². The molecule has 0 saturated heterocycles. The van der Waals surface area contributed by atoms with Gasteiger partial charge in [-0.05, 0) is 32.4 Å². The first-order chi connectivity index (χ1) is 8.20. The molecule has 0 saturated carbocycles. The van der Waals surface area contributed by atoms with Crippen LogP contribution in [0.1, 0.15) is 23.4 Å². The molecular formula is C14H18N2O. The summed E-state index contributed by atoms with van der Waals surface area (Å²) < 4.78 is 5.73. The standard InChI is InChI=1S/C14H18N2O/c1-10-5-6-12(11(2)8-10)13-9-16-14(17-13)4-3-7-15/h5-6,8-9H,3-4,7,15H2,1-2H3. The number of rotatable bonds is 4. The molecule has 0 fully saturated rings. The smallest absolute Gasteiger partial charge is 0.194 e. The molecule has 1 aromatic heterocycles. The summed E-state index contributed by atoms with van der Waals surface area (Å²) in [6, 6.07) is 6.32. The number of nitrogens with two attached hydrogens (primary N) is 1. The highest BCUT2D eigenvalue weighted by atomic mass is 16.4. The molecule has 3 heteroatoms. The lowest BCUT2D eigenvalue weighted by molar-refractivity contribution is 0.499. The molecule has 0 spiro atoms. The van der Waals surface area contributed by atoms with Crippen molar-refractivity contribution >= 4 is 0 Å². The average Bonchev–Trinajstić information content (AvgIpc) is 2.75. The minimum absolute atomic E-state index is 0.668. The van der Waals surface area contributed by atoms with E-state index in [1.807, 2.05) is 0 Å². The summed E-state index contributed by atoms with van der Waals surface area (Å²) in [5, 5.41) is 0. The van der Waals surface area contributed by atoms with Gasteiger partial charge >= 0.3 is 0 Å². The summed E-state index contributed by atoms with van der Waals surface area (Å²) in [4.78, 5) is 4.27. The summed E-state index contributed by atoms with van der Waals surface area (Å²) >= 11 is 0. The van der Waals surface area contributed by atoms with Crippen LogP contribution in [0.25, 0.3) is 11.3 Å². The van der Waals surface area contributed by atoms with E-state index in [2.05, 4.69) is 37.0 Å². The van der Waals surface area contributed by atoms with Gasteiger partial charge in [0.25, 0.3) is 0 Å². The van der Waals surface area contributed by atoms with E-state index in [4.69, 9.17) is 10.2 Å². The molecule has 0 aliphatic heterocycles. The predicted molar refractivity (Wildman–Crippen MR) is 68.8 cm³/mol. The number of nitrogens with zero attached hydrogens (tertiary/aromatic N) is 1. The summed E-state index contributed by atoms with van der Waals surface area (Å²) in [5.41, 5.74) is 9.05. The van der Waals surface area contributed by atoms with Gasteiger partial charge in [-0.1, -0.05) is 23.8 Å². The fourth-order valence-electron chi connectivity index (χ4n) is 1.89. The molecule has 2 N–H and O–H groups in total. The fourth-order valence-corrected chi connectivity index (χ4v) is 1.89. The monoisotopic (exact) mass is 230 g/mol. The lowest BCUT2D eigenvalue weighted by Crippen LogP contribution is -2.00. The third-order valence-corrected chi connectivity index (χ3v) is 2.80. The Morgan fingerprint density at radius 3 is 2.82 bits per heavy atom. The molecule has 0 unspecified atom stereocenters. The Kier molecular flexibility index (Phi) is 3.59. The van der Waals surface area contributed by atoms with Crippen molar-refractivity contribution in [3.05, 3.63) is 41.4 Å². The van der Waals surface area contributed by atoms with Crippen molar-refractivity contribution in [3.8, 4) is 11.3 Å². The Balaban J connectivity index is 2.24. The maximum atomic E-state index is 5.73. The third kappa shape index (κ3) is 2.74. The van der Waals surface area contributed by atoms with Crippen molar-refractivity contribution < 1.29 is 4.42 Å². The Morgan fingerprint density at radius 1 is 1.29 bits per heavy atom. The van der Waals surface area contributed by atoms with Gasteiger partial charge in [0.1, 0.15) is 0 Å². The summed E-state index contributed by atoms with van der Waals surface area (Å²) in [5.74, 6) is 1.61. The minimum atomic E-state index is 0.668. The Hall–Kier alpha value is -1.61. The van der Waals surface area contributed by atoms with Crippen molar-refractivity contribution in [2.45, 2.75) is 26.7 Å². The second-order valence-electron chi connectivity index (χ2n) is 4.33. The highest BCUT2D eigenvalue weighted by Gasteiger charge is 2.08. The second kappa shape index (κ2) is 5.15. The Labute approximate surface area is 102 Å². The average molecular weight is 230 g/mol. The van der Waals surface area contributed by atoms with Crippen LogP contribution in [0, 0.1) is 13.8 Å². The predicted octanol–water partition coefficient (Wildman–Crippen LogP) is 2.85. The number of hydrogen-bond acceptors (Lipinski definition) is 3. The van der Waals surface area contributed by atoms with E-state index >= 15 is 0 Å². The molecule has 3 nitrogen and oxygen atoms in total. The van der Waals surface area contributed by atoms with Gasteiger partial charge in [-0.3, -0.25) is 0 Å². The molecule has 0 aliphatic rings. The quantitative estimate of drug-likeness (QED) is 0.878. The molecule has 0 bridgehead atoms. The van der Waals surface area contributed by atoms with Gasteiger partial charge in [0.2, 0.25) is 0 Å². The number of oxazole rings is 1. The molecular weight excluding hydrogens is 212 g/mol. The third-order valence-electron chi connectivity index (χ3n) is 2.80. The SMILES string of the molecule is Cc1ccc(-c2cnc(CCCN)o2)c(C)c1. The van der Waals surface area contributed by atoms with E-state index in [0.29, 0.717) is 6.54 Å². The first-order valence-corrected chi connectivity index (χ1v) is 5.93. The van der Waals surface area contributed by atoms with Gasteiger partial charge in [0, 0.05) is 12.0 Å². The summed E-state index contributed by atoms with van der Waals surface area (Å²) in [6.45, 7) is 4.84. The maximum absolute atomic E-state index is 5.73. The van der Waals surface area contributed by atoms with E-state index < -0.39 is 0 Å². The zero-order chi connectivity index (χ0) is 12.3. The molecule has 1 aromatic carbocycles. The van der Waals surface area contributed by atoms with Crippen LogP contribution in [-0.2, 0) is 6.42 Å². The maximum Gasteiger partial charge on any atom is 0.194 e. The van der Waals surface area contributed by atoms with Crippen LogP contribution in [0.2, 0.25) is 0 Å². The van der Waals surface area contributed by atoms with Crippen LogP contribution in [0.4, 0.5) is 0 Å². The van der Waals surface area contributed by atoms with Gasteiger partial charge in [-0.15, -0.1) is 0 Å². The number of benzene rings is 1. The number of hydrogen-bond donors (Lipinski definition) is 1. The van der Waals surface area contributed by atoms with Gasteiger partial charge in [-0.2, -0.15) is 0 Å². The van der Waals surface area contributed by atoms with Crippen molar-refractivity contribution in [1.82, 2.24) is 4.98 Å². The van der Waals surface area contributed by atoms with Crippen LogP contribution in [0.3, 0.4) is 0 Å². The molecule has 0 radical (unpaired) electrons. The van der Waals surface area contributed by atoms with Crippen LogP contribution in [0.5, 0.6) is 0 Å². The molecule has 90 valence electrons. The first-order valence-electron chi connectivity index (χ1n) is 5.93. The normalized spacial score (nSPS) is 10.8. The molecule has 2 aromatic rings. The van der Waals surface area contributed by atoms with E-state index in [1.165, 1.54) is 11.1 Å². The lowest BCUT2D eigenvalue weighted by atomic mass is 10.0. The van der Waals surface area contributed by atoms with Crippen molar-refractivity contribution in [1.29, 1.82) is 0 Å². The van der Waals surface area contributed by atoms with Crippen LogP contribution in [0.15, 0.2) is 28.8 Å². The van der Waals surface area contributed by atoms with Gasteiger partial charge in [0.05, 0.1) is 6.20 Å². The second-order valence-corrected chi connectivity index (χ2v) is 4.33. The topological polar surface area (TPSA) is 52.0 Å². The molecule has 17 heavy (non-hydrogen) atoms. The van der Waals surface area contributed by atoms with Crippen molar-refractivity contribution in [2.75, 3.05) is 6.54 Å². The van der Waals surface area contributed by atoms with Gasteiger partial charge in [0.15, 0.2) is 11.7 Å². The lowest BCUT2D eigenvalue weighted by Gasteiger charge is -2.02. The Bertz CT molecular complexity index is 503. The fraction of sp³-hybridized carbons (Fsp3) is 0.357. The minimum Gasteiger partial charge on any atom is -0.441 e. The summed E-state index contributed by atoms with van der Waals surface area (Å²) in [7, 11) is 0. The van der Waals surface area contributed by atoms with Crippen molar-refractivity contribution in [3.63, 3.8) is 0 Å². The van der Waals surface area contributed by atoms with E-state index in [-0.39, 0.29) is 0 Å². The molecule has 1 heterocycles. The van der Waals surface area contributed by atoms with E-state index in [9.17, 15) is 0 Å². The molecule has 0 aliphatic carbocycles. The van der Waals surface area contributed by atoms with Crippen molar-refractivity contribution in [2.24, 2.45) is 5.73 Å². The molecule has 0 amide bonds. The molecule has 0 atom stereocenters. The highest BCUT2D eigenvalue weighted by molar-refractivity contribution is 5.61. The van der Waals surface area contributed by atoms with Crippen LogP contribution >= 0.6 is 0 Å². The number of aromatic nitrogens is 1. The van der Waals surface area contributed by atoms with Gasteiger partial charge in [-0.25, -0.2) is 4.98 Å². The highest BCUT2D eigenvalue weighted by Crippen LogP contribution is 2.25. The zero-order valence-electron chi connectivity index (χ0n) is 10.4. The molecule has 2 rings (SSSR count). The van der Waals surface area contributed by atoms with E-state index in [0.717, 1.165) is 30.1 Å². The van der Waals surface area contributed by atoms with Gasteiger partial charge < -0.3 is 10.2 Å². The number of aryl methyl sites for hydroxylation is 3. The summed E-state index contributed by atoms with van der Waals surface area (Å²) in [6.07, 6.45) is 3.51. The largest absolute Gasteiger partial charge is 0.441 e. The zero-order valence-corrected chi connectivity index (χ0v) is 10.4. The Morgan fingerprint density at radius 2 is 2.12 bits per heavy atom. The first kappa shape index (κ1) is 11.9. The van der Waals surface area contributed by atoms with E-state index in [1.54, 1.807) is 6.20 Å². The van der Waals surface area contributed by atoms with Crippen LogP contribution in [-0.4, -0.2) is 11.5 Å².